The fraction of sp³-hybridized carbons (Fsp3) is 0.0476. The first kappa shape index (κ1) is 17.9. The summed E-state index contributed by atoms with van der Waals surface area (Å²) in [5.74, 6) is 0.466. The van der Waals surface area contributed by atoms with Gasteiger partial charge in [-0.05, 0) is 36.4 Å². The van der Waals surface area contributed by atoms with Gasteiger partial charge < -0.3 is 4.42 Å². The van der Waals surface area contributed by atoms with E-state index in [0.717, 1.165) is 16.9 Å². The van der Waals surface area contributed by atoms with Crippen LogP contribution in [0.2, 0.25) is 0 Å². The maximum Gasteiger partial charge on any atom is 0.277 e. The van der Waals surface area contributed by atoms with Crippen molar-refractivity contribution in [2.75, 3.05) is 10.7 Å². The van der Waals surface area contributed by atoms with Crippen LogP contribution in [0.4, 0.5) is 11.4 Å². The molecule has 4 rings (SSSR count). The van der Waals surface area contributed by atoms with Crippen molar-refractivity contribution in [3.05, 3.63) is 85.2 Å². The van der Waals surface area contributed by atoms with Crippen LogP contribution in [-0.2, 0) is 4.79 Å². The van der Waals surface area contributed by atoms with Crippen molar-refractivity contribution in [3.8, 4) is 11.5 Å². The molecule has 0 spiro atoms. The quantitative estimate of drug-likeness (QED) is 0.450. The number of pyridine rings is 1. The number of carbonyl (C=O) groups is 1. The van der Waals surface area contributed by atoms with Crippen LogP contribution in [0.1, 0.15) is 0 Å². The highest BCUT2D eigenvalue weighted by Gasteiger charge is 2.19. The molecule has 7 heteroatoms. The molecule has 1 amide bonds. The summed E-state index contributed by atoms with van der Waals surface area (Å²) in [5, 5.41) is 8.38. The minimum atomic E-state index is -0.0801. The fourth-order valence-electron chi connectivity index (χ4n) is 2.65. The van der Waals surface area contributed by atoms with E-state index in [1.165, 1.54) is 11.8 Å². The Morgan fingerprint density at radius 3 is 2.18 bits per heavy atom. The van der Waals surface area contributed by atoms with E-state index in [1.807, 2.05) is 66.7 Å². The second kappa shape index (κ2) is 8.49. The second-order valence-electron chi connectivity index (χ2n) is 5.80. The van der Waals surface area contributed by atoms with Crippen molar-refractivity contribution in [2.24, 2.45) is 0 Å². The Labute approximate surface area is 166 Å². The van der Waals surface area contributed by atoms with Crippen LogP contribution in [-0.4, -0.2) is 26.8 Å². The standard InChI is InChI=1S/C21H16N4O2S/c26-19(15-28-21-24-23-20(27-21)16-8-7-13-22-14-16)25(17-9-3-1-4-10-17)18-11-5-2-6-12-18/h1-14H,15H2. The molecular formula is C21H16N4O2S. The zero-order chi connectivity index (χ0) is 19.2. The molecule has 0 atom stereocenters. The molecule has 0 aliphatic rings. The van der Waals surface area contributed by atoms with Crippen LogP contribution >= 0.6 is 11.8 Å². The monoisotopic (exact) mass is 388 g/mol. The van der Waals surface area contributed by atoms with Crippen LogP contribution in [0.15, 0.2) is 94.8 Å². The maximum absolute atomic E-state index is 13.0. The molecule has 0 fully saturated rings. The molecule has 0 radical (unpaired) electrons. The largest absolute Gasteiger partial charge is 0.411 e. The van der Waals surface area contributed by atoms with Gasteiger partial charge >= 0.3 is 0 Å². The van der Waals surface area contributed by atoms with Gasteiger partial charge in [0, 0.05) is 23.8 Å². The number of hydrogen-bond donors (Lipinski definition) is 0. The number of benzene rings is 2. The van der Waals surface area contributed by atoms with E-state index < -0.39 is 0 Å². The van der Waals surface area contributed by atoms with Crippen molar-refractivity contribution in [2.45, 2.75) is 5.22 Å². The van der Waals surface area contributed by atoms with E-state index in [4.69, 9.17) is 4.42 Å². The van der Waals surface area contributed by atoms with Gasteiger partial charge in [0.1, 0.15) is 0 Å². The molecule has 138 valence electrons. The first-order chi connectivity index (χ1) is 13.8. The van der Waals surface area contributed by atoms with E-state index in [-0.39, 0.29) is 11.7 Å². The molecule has 0 bridgehead atoms. The molecule has 2 aromatic carbocycles. The molecule has 6 nitrogen and oxygen atoms in total. The summed E-state index contributed by atoms with van der Waals surface area (Å²) in [6.07, 6.45) is 3.33. The lowest BCUT2D eigenvalue weighted by molar-refractivity contribution is -0.115. The van der Waals surface area contributed by atoms with Gasteiger partial charge in [0.05, 0.1) is 11.3 Å². The number of para-hydroxylation sites is 2. The van der Waals surface area contributed by atoms with Gasteiger partial charge in [0.2, 0.25) is 11.8 Å². The van der Waals surface area contributed by atoms with Gasteiger partial charge in [-0.25, -0.2) is 0 Å². The summed E-state index contributed by atoms with van der Waals surface area (Å²) in [6, 6.07) is 22.7. The number of nitrogens with zero attached hydrogens (tertiary/aromatic N) is 4. The lowest BCUT2D eigenvalue weighted by Gasteiger charge is -2.22. The Bertz CT molecular complexity index is 1000. The Morgan fingerprint density at radius 1 is 0.893 bits per heavy atom. The number of carbonyl (C=O) groups excluding carboxylic acids is 1. The minimum Gasteiger partial charge on any atom is -0.411 e. The third-order valence-electron chi connectivity index (χ3n) is 3.91. The number of rotatable bonds is 6. The minimum absolute atomic E-state index is 0.0801. The van der Waals surface area contributed by atoms with Crippen LogP contribution in [0.3, 0.4) is 0 Å². The summed E-state index contributed by atoms with van der Waals surface area (Å²) < 4.78 is 5.64. The van der Waals surface area contributed by atoms with Gasteiger partial charge in [-0.3, -0.25) is 14.7 Å². The summed E-state index contributed by atoms with van der Waals surface area (Å²) in [5.41, 5.74) is 2.35. The molecule has 4 aromatic rings. The molecule has 2 heterocycles. The molecule has 0 N–H and O–H groups in total. The van der Waals surface area contributed by atoms with E-state index in [2.05, 4.69) is 15.2 Å². The van der Waals surface area contributed by atoms with Crippen molar-refractivity contribution < 1.29 is 9.21 Å². The highest BCUT2D eigenvalue weighted by atomic mass is 32.2. The Morgan fingerprint density at radius 2 is 1.57 bits per heavy atom. The summed E-state index contributed by atoms with van der Waals surface area (Å²) >= 11 is 1.21. The summed E-state index contributed by atoms with van der Waals surface area (Å²) in [7, 11) is 0. The molecule has 2 aromatic heterocycles. The third-order valence-corrected chi connectivity index (χ3v) is 4.72. The van der Waals surface area contributed by atoms with E-state index in [0.29, 0.717) is 11.1 Å². The van der Waals surface area contributed by atoms with Crippen molar-refractivity contribution in [1.29, 1.82) is 0 Å². The van der Waals surface area contributed by atoms with Crippen molar-refractivity contribution in [3.63, 3.8) is 0 Å². The Hall–Kier alpha value is -3.45. The predicted octanol–water partition coefficient (Wildman–Crippen LogP) is 4.59. The Balaban J connectivity index is 1.50. The normalized spacial score (nSPS) is 10.6. The summed E-state index contributed by atoms with van der Waals surface area (Å²) in [6.45, 7) is 0. The van der Waals surface area contributed by atoms with Crippen molar-refractivity contribution >= 4 is 29.0 Å². The van der Waals surface area contributed by atoms with Gasteiger partial charge in [0.25, 0.3) is 5.22 Å². The zero-order valence-corrected chi connectivity index (χ0v) is 15.6. The molecule has 0 saturated carbocycles. The lowest BCUT2D eigenvalue weighted by Crippen LogP contribution is -2.27. The molecule has 0 saturated heterocycles. The topological polar surface area (TPSA) is 72.1 Å². The average Bonchev–Trinajstić information content (AvgIpc) is 3.24. The zero-order valence-electron chi connectivity index (χ0n) is 14.8. The first-order valence-electron chi connectivity index (χ1n) is 8.61. The summed E-state index contributed by atoms with van der Waals surface area (Å²) in [4.78, 5) is 18.7. The van der Waals surface area contributed by atoms with Crippen LogP contribution in [0.5, 0.6) is 0 Å². The van der Waals surface area contributed by atoms with Crippen LogP contribution < -0.4 is 4.90 Å². The second-order valence-corrected chi connectivity index (χ2v) is 6.73. The van der Waals surface area contributed by atoms with E-state index in [1.54, 1.807) is 23.4 Å². The lowest BCUT2D eigenvalue weighted by atomic mass is 10.2. The fourth-order valence-corrected chi connectivity index (χ4v) is 3.27. The van der Waals surface area contributed by atoms with Crippen LogP contribution in [0, 0.1) is 0 Å². The smallest absolute Gasteiger partial charge is 0.277 e. The van der Waals surface area contributed by atoms with Crippen LogP contribution in [0.25, 0.3) is 11.5 Å². The van der Waals surface area contributed by atoms with Gasteiger partial charge in [-0.1, -0.05) is 48.2 Å². The number of hydrogen-bond acceptors (Lipinski definition) is 6. The van der Waals surface area contributed by atoms with Gasteiger partial charge in [0.15, 0.2) is 0 Å². The predicted molar refractivity (Wildman–Crippen MR) is 108 cm³/mol. The SMILES string of the molecule is O=C(CSc1nnc(-c2cccnc2)o1)N(c1ccccc1)c1ccccc1. The number of aromatic nitrogens is 3. The highest BCUT2D eigenvalue weighted by molar-refractivity contribution is 7.99. The maximum atomic E-state index is 13.0. The molecule has 0 aliphatic carbocycles. The molecular weight excluding hydrogens is 372 g/mol. The van der Waals surface area contributed by atoms with E-state index in [9.17, 15) is 4.79 Å². The molecule has 0 aliphatic heterocycles. The number of thioether (sulfide) groups is 1. The average molecular weight is 388 g/mol. The van der Waals surface area contributed by atoms with E-state index >= 15 is 0 Å². The Kier molecular flexibility index (Phi) is 5.44. The number of amides is 1. The van der Waals surface area contributed by atoms with Gasteiger partial charge in [-0.15, -0.1) is 10.2 Å². The first-order valence-corrected chi connectivity index (χ1v) is 9.59. The van der Waals surface area contributed by atoms with Crippen molar-refractivity contribution in [1.82, 2.24) is 15.2 Å². The molecule has 0 unspecified atom stereocenters. The molecule has 28 heavy (non-hydrogen) atoms. The van der Waals surface area contributed by atoms with Gasteiger partial charge in [-0.2, -0.15) is 0 Å². The third kappa shape index (κ3) is 4.10. The number of anilines is 2. The highest BCUT2D eigenvalue weighted by Crippen LogP contribution is 2.28.